The number of aliphatic hydroxyl groups excluding tert-OH is 1. The van der Waals surface area contributed by atoms with Gasteiger partial charge in [0.25, 0.3) is 5.91 Å². The Morgan fingerprint density at radius 2 is 2.24 bits per heavy atom. The van der Waals surface area contributed by atoms with Crippen molar-refractivity contribution in [3.63, 3.8) is 0 Å². The maximum atomic E-state index is 12.1. The van der Waals surface area contributed by atoms with Gasteiger partial charge in [-0.3, -0.25) is 10.6 Å². The number of carbonyl (C=O) groups excluding carboxylic acids is 1. The summed E-state index contributed by atoms with van der Waals surface area (Å²) in [5, 5.41) is 9.25. The molecular weight excluding hydrogens is 218 g/mol. The van der Waals surface area contributed by atoms with Crippen LogP contribution in [0, 0.1) is 6.92 Å². The van der Waals surface area contributed by atoms with Gasteiger partial charge in [0.05, 0.1) is 6.10 Å². The molecule has 0 aliphatic carbocycles. The van der Waals surface area contributed by atoms with Gasteiger partial charge in [-0.25, -0.2) is 0 Å². The monoisotopic (exact) mass is 237 g/mol. The van der Waals surface area contributed by atoms with E-state index in [0.29, 0.717) is 12.1 Å². The average molecular weight is 237 g/mol. The van der Waals surface area contributed by atoms with Crippen molar-refractivity contribution in [1.29, 1.82) is 0 Å². The molecule has 0 spiro atoms. The van der Waals surface area contributed by atoms with Crippen LogP contribution in [-0.4, -0.2) is 35.6 Å². The van der Waals surface area contributed by atoms with Crippen molar-refractivity contribution in [2.75, 3.05) is 19.0 Å². The smallest absolute Gasteiger partial charge is 0.253 e. The molecule has 0 radical (unpaired) electrons. The fraction of sp³-hybridized carbons (Fsp3) is 0.417. The topological polar surface area (TPSA) is 78.6 Å². The molecule has 17 heavy (non-hydrogen) atoms. The molecule has 0 saturated carbocycles. The van der Waals surface area contributed by atoms with Gasteiger partial charge in [0, 0.05) is 24.8 Å². The molecule has 1 atom stereocenters. The van der Waals surface area contributed by atoms with E-state index in [4.69, 9.17) is 5.84 Å². The number of rotatable bonds is 4. The Hall–Kier alpha value is -1.59. The van der Waals surface area contributed by atoms with Crippen molar-refractivity contribution in [1.82, 2.24) is 4.90 Å². The molecule has 0 saturated heterocycles. The van der Waals surface area contributed by atoms with E-state index in [0.717, 1.165) is 11.3 Å². The molecule has 1 aromatic rings. The number of likely N-dealkylation sites (N-methyl/N-ethyl adjacent to an activating group) is 1. The summed E-state index contributed by atoms with van der Waals surface area (Å²) in [6.45, 7) is 3.82. The zero-order chi connectivity index (χ0) is 13.0. The zero-order valence-corrected chi connectivity index (χ0v) is 10.4. The molecule has 1 unspecified atom stereocenters. The predicted octanol–water partition coefficient (Wildman–Crippen LogP) is 0.733. The van der Waals surface area contributed by atoms with E-state index < -0.39 is 6.10 Å². The number of hydrogen-bond donors (Lipinski definition) is 3. The normalized spacial score (nSPS) is 12.1. The highest BCUT2D eigenvalue weighted by molar-refractivity contribution is 5.95. The number of hydrazine groups is 1. The molecule has 0 heterocycles. The van der Waals surface area contributed by atoms with Crippen LogP contribution in [-0.2, 0) is 0 Å². The first kappa shape index (κ1) is 13.5. The third kappa shape index (κ3) is 3.44. The van der Waals surface area contributed by atoms with Crippen molar-refractivity contribution < 1.29 is 9.90 Å². The summed E-state index contributed by atoms with van der Waals surface area (Å²) in [7, 11) is 1.67. The van der Waals surface area contributed by atoms with Crippen LogP contribution in [0.3, 0.4) is 0 Å². The van der Waals surface area contributed by atoms with E-state index in [1.165, 1.54) is 4.90 Å². The lowest BCUT2D eigenvalue weighted by molar-refractivity contribution is 0.0703. The number of nitrogen functional groups attached to an aromatic ring is 1. The minimum absolute atomic E-state index is 0.105. The van der Waals surface area contributed by atoms with Gasteiger partial charge < -0.3 is 15.4 Å². The minimum Gasteiger partial charge on any atom is -0.392 e. The van der Waals surface area contributed by atoms with E-state index >= 15 is 0 Å². The summed E-state index contributed by atoms with van der Waals surface area (Å²) in [5.41, 5.74) is 4.76. The maximum Gasteiger partial charge on any atom is 0.253 e. The Balaban J connectivity index is 2.89. The van der Waals surface area contributed by atoms with Crippen molar-refractivity contribution in [2.24, 2.45) is 5.84 Å². The van der Waals surface area contributed by atoms with Crippen LogP contribution in [0.5, 0.6) is 0 Å². The third-order valence-corrected chi connectivity index (χ3v) is 2.51. The lowest BCUT2D eigenvalue weighted by Gasteiger charge is -2.20. The summed E-state index contributed by atoms with van der Waals surface area (Å²) in [5.74, 6) is 5.19. The van der Waals surface area contributed by atoms with Crippen LogP contribution in [0.4, 0.5) is 5.69 Å². The van der Waals surface area contributed by atoms with Crippen LogP contribution in [0.25, 0.3) is 0 Å². The number of anilines is 1. The van der Waals surface area contributed by atoms with Gasteiger partial charge in [0.2, 0.25) is 0 Å². The SMILES string of the molecule is Cc1cc(NN)ccc1C(=O)N(C)CC(C)O. The summed E-state index contributed by atoms with van der Waals surface area (Å²) in [6, 6.07) is 5.28. The van der Waals surface area contributed by atoms with Crippen molar-refractivity contribution in [3.05, 3.63) is 29.3 Å². The summed E-state index contributed by atoms with van der Waals surface area (Å²) in [6.07, 6.45) is -0.533. The number of amides is 1. The van der Waals surface area contributed by atoms with Gasteiger partial charge in [-0.1, -0.05) is 0 Å². The highest BCUT2D eigenvalue weighted by Crippen LogP contribution is 2.15. The molecule has 0 aliphatic heterocycles. The average Bonchev–Trinajstić information content (AvgIpc) is 2.27. The lowest BCUT2D eigenvalue weighted by Crippen LogP contribution is -2.33. The number of aliphatic hydroxyl groups is 1. The Morgan fingerprint density at radius 1 is 1.59 bits per heavy atom. The van der Waals surface area contributed by atoms with Gasteiger partial charge in [-0.15, -0.1) is 0 Å². The first-order valence-corrected chi connectivity index (χ1v) is 5.46. The number of nitrogens with two attached hydrogens (primary N) is 1. The largest absolute Gasteiger partial charge is 0.392 e. The molecule has 0 aliphatic rings. The van der Waals surface area contributed by atoms with Gasteiger partial charge in [-0.2, -0.15) is 0 Å². The highest BCUT2D eigenvalue weighted by Gasteiger charge is 2.15. The highest BCUT2D eigenvalue weighted by atomic mass is 16.3. The van der Waals surface area contributed by atoms with E-state index in [-0.39, 0.29) is 5.91 Å². The molecule has 1 rings (SSSR count). The number of nitrogens with one attached hydrogen (secondary N) is 1. The summed E-state index contributed by atoms with van der Waals surface area (Å²) < 4.78 is 0. The fourth-order valence-electron chi connectivity index (χ4n) is 1.68. The Morgan fingerprint density at radius 3 is 2.71 bits per heavy atom. The van der Waals surface area contributed by atoms with Gasteiger partial charge >= 0.3 is 0 Å². The van der Waals surface area contributed by atoms with Crippen molar-refractivity contribution in [2.45, 2.75) is 20.0 Å². The quantitative estimate of drug-likeness (QED) is 0.533. The molecule has 5 heteroatoms. The number of aryl methyl sites for hydroxylation is 1. The standard InChI is InChI=1S/C12H19N3O2/c1-8-6-10(14-13)4-5-11(8)12(17)15(3)7-9(2)16/h4-6,9,14,16H,7,13H2,1-3H3. The van der Waals surface area contributed by atoms with E-state index in [9.17, 15) is 9.90 Å². The first-order chi connectivity index (χ1) is 7.95. The van der Waals surface area contributed by atoms with Crippen LogP contribution in [0.2, 0.25) is 0 Å². The number of carbonyl (C=O) groups is 1. The lowest BCUT2D eigenvalue weighted by atomic mass is 10.1. The van der Waals surface area contributed by atoms with Gasteiger partial charge in [0.15, 0.2) is 0 Å². The van der Waals surface area contributed by atoms with Crippen LogP contribution in [0.15, 0.2) is 18.2 Å². The second-order valence-electron chi connectivity index (χ2n) is 4.21. The molecule has 4 N–H and O–H groups in total. The number of hydrogen-bond acceptors (Lipinski definition) is 4. The van der Waals surface area contributed by atoms with Crippen LogP contribution in [0.1, 0.15) is 22.8 Å². The predicted molar refractivity (Wildman–Crippen MR) is 67.6 cm³/mol. The van der Waals surface area contributed by atoms with Gasteiger partial charge in [0.1, 0.15) is 0 Å². The van der Waals surface area contributed by atoms with E-state index in [1.807, 2.05) is 13.0 Å². The first-order valence-electron chi connectivity index (χ1n) is 5.46. The number of benzene rings is 1. The Bertz CT molecular complexity index is 405. The van der Waals surface area contributed by atoms with Gasteiger partial charge in [-0.05, 0) is 37.6 Å². The molecule has 0 bridgehead atoms. The third-order valence-electron chi connectivity index (χ3n) is 2.51. The molecule has 1 aromatic carbocycles. The van der Waals surface area contributed by atoms with Crippen molar-refractivity contribution in [3.8, 4) is 0 Å². The van der Waals surface area contributed by atoms with E-state index in [2.05, 4.69) is 5.43 Å². The maximum absolute atomic E-state index is 12.1. The molecule has 5 nitrogen and oxygen atoms in total. The van der Waals surface area contributed by atoms with Crippen molar-refractivity contribution >= 4 is 11.6 Å². The van der Waals surface area contributed by atoms with Crippen LogP contribution < -0.4 is 11.3 Å². The molecule has 1 amide bonds. The second-order valence-corrected chi connectivity index (χ2v) is 4.21. The second kappa shape index (κ2) is 5.65. The number of nitrogens with zero attached hydrogens (tertiary/aromatic N) is 1. The minimum atomic E-state index is -0.533. The Labute approximate surface area is 101 Å². The molecule has 0 fully saturated rings. The van der Waals surface area contributed by atoms with Crippen LogP contribution >= 0.6 is 0 Å². The Kier molecular flexibility index (Phi) is 4.48. The molecule has 94 valence electrons. The fourth-order valence-corrected chi connectivity index (χ4v) is 1.68. The summed E-state index contributed by atoms with van der Waals surface area (Å²) >= 11 is 0. The molecular formula is C12H19N3O2. The zero-order valence-electron chi connectivity index (χ0n) is 10.4. The molecule has 0 aromatic heterocycles. The summed E-state index contributed by atoms with van der Waals surface area (Å²) in [4.78, 5) is 13.6. The van der Waals surface area contributed by atoms with E-state index in [1.54, 1.807) is 26.1 Å².